The fourth-order valence-electron chi connectivity index (χ4n) is 2.88. The predicted octanol–water partition coefficient (Wildman–Crippen LogP) is 3.16. The van der Waals surface area contributed by atoms with Crippen molar-refractivity contribution in [2.45, 2.75) is 26.2 Å². The van der Waals surface area contributed by atoms with Gasteiger partial charge in [-0.15, -0.1) is 11.3 Å². The molecule has 3 aromatic rings. The molecule has 1 aromatic carbocycles. The van der Waals surface area contributed by atoms with Gasteiger partial charge in [-0.1, -0.05) is 31.5 Å². The number of thiophene rings is 1. The van der Waals surface area contributed by atoms with E-state index in [1.165, 1.54) is 4.90 Å². The summed E-state index contributed by atoms with van der Waals surface area (Å²) in [6, 6.07) is 11.6. The molecule has 2 aromatic heterocycles. The molecule has 2 heterocycles. The molecule has 0 spiro atoms. The summed E-state index contributed by atoms with van der Waals surface area (Å²) in [7, 11) is 0. The molecule has 0 fully saturated rings. The van der Waals surface area contributed by atoms with Gasteiger partial charge in [0, 0.05) is 25.1 Å². The maximum absolute atomic E-state index is 11.2. The number of aliphatic imine (C=N–C) groups is 1. The first-order valence-corrected chi connectivity index (χ1v) is 10.4. The molecule has 29 heavy (non-hydrogen) atoms. The third-order valence-corrected chi connectivity index (χ3v) is 5.36. The number of aromatic nitrogens is 2. The number of imidazole rings is 1. The Bertz CT molecular complexity index is 965. The number of nitrogens with two attached hydrogens (primary N) is 1. The van der Waals surface area contributed by atoms with Gasteiger partial charge in [0.1, 0.15) is 17.8 Å². The van der Waals surface area contributed by atoms with Gasteiger partial charge in [-0.3, -0.25) is 0 Å². The molecule has 0 saturated heterocycles. The van der Waals surface area contributed by atoms with Gasteiger partial charge in [0.15, 0.2) is 0 Å². The highest BCUT2D eigenvalue weighted by atomic mass is 32.1. The molecule has 0 radical (unpaired) electrons. The fraction of sp³-hybridized carbons (Fsp3) is 0.286. The summed E-state index contributed by atoms with van der Waals surface area (Å²) in [5.41, 5.74) is 8.61. The lowest BCUT2D eigenvalue weighted by Crippen LogP contribution is -2.42. The first kappa shape index (κ1) is 20.6. The van der Waals surface area contributed by atoms with E-state index in [-0.39, 0.29) is 0 Å². The summed E-state index contributed by atoms with van der Waals surface area (Å²) in [6.45, 7) is 2.87. The van der Waals surface area contributed by atoms with Gasteiger partial charge in [-0.05, 0) is 30.0 Å². The van der Waals surface area contributed by atoms with E-state index in [0.717, 1.165) is 40.5 Å². The summed E-state index contributed by atoms with van der Waals surface area (Å²) in [5, 5.41) is 13.2. The van der Waals surface area contributed by atoms with Crippen LogP contribution in [-0.4, -0.2) is 39.9 Å². The van der Waals surface area contributed by atoms with Crippen molar-refractivity contribution in [3.05, 3.63) is 58.7 Å². The zero-order chi connectivity index (χ0) is 20.6. The standard InChI is InChI=1S/C21H25N5O2S/c1-2-3-10-26(21(27)28)11-9-19-23-14-17(25-19)15-6-4-7-16(13-15)24-20(22)18-8-5-12-29-18/h4-8,12-14H,2-3,9-11H2,1H3,(H2,22,24)(H,23,25)(H,27,28)/p-1. The van der Waals surface area contributed by atoms with Crippen LogP contribution in [0.4, 0.5) is 10.5 Å². The molecule has 0 aliphatic heterocycles. The minimum Gasteiger partial charge on any atom is -0.530 e. The van der Waals surface area contributed by atoms with E-state index in [9.17, 15) is 9.90 Å². The molecule has 1 amide bonds. The Morgan fingerprint density at radius 3 is 2.90 bits per heavy atom. The van der Waals surface area contributed by atoms with E-state index in [4.69, 9.17) is 5.73 Å². The van der Waals surface area contributed by atoms with E-state index >= 15 is 0 Å². The molecule has 3 N–H and O–H groups in total. The highest BCUT2D eigenvalue weighted by Gasteiger charge is 2.08. The molecule has 152 valence electrons. The normalized spacial score (nSPS) is 11.6. The van der Waals surface area contributed by atoms with Gasteiger partial charge >= 0.3 is 0 Å². The molecule has 8 heteroatoms. The number of benzene rings is 1. The topological polar surface area (TPSA) is 110 Å². The number of carbonyl (C=O) groups is 1. The maximum Gasteiger partial charge on any atom is 0.141 e. The summed E-state index contributed by atoms with van der Waals surface area (Å²) < 4.78 is 0. The predicted molar refractivity (Wildman–Crippen MR) is 114 cm³/mol. The third kappa shape index (κ3) is 5.68. The molecular weight excluding hydrogens is 386 g/mol. The zero-order valence-electron chi connectivity index (χ0n) is 16.3. The van der Waals surface area contributed by atoms with Crippen LogP contribution in [0.5, 0.6) is 0 Å². The van der Waals surface area contributed by atoms with E-state index in [1.54, 1.807) is 17.5 Å². The average Bonchev–Trinajstić information content (AvgIpc) is 3.40. The van der Waals surface area contributed by atoms with Gasteiger partial charge in [0.05, 0.1) is 22.5 Å². The number of unbranched alkanes of at least 4 members (excludes halogenated alkanes) is 1. The van der Waals surface area contributed by atoms with Crippen molar-refractivity contribution in [3.63, 3.8) is 0 Å². The number of amides is 1. The smallest absolute Gasteiger partial charge is 0.141 e. The molecule has 3 rings (SSSR count). The maximum atomic E-state index is 11.2. The van der Waals surface area contributed by atoms with Crippen LogP contribution in [0, 0.1) is 0 Å². The number of nitrogens with one attached hydrogen (secondary N) is 1. The summed E-state index contributed by atoms with van der Waals surface area (Å²) in [4.78, 5) is 25.6. The minimum atomic E-state index is -1.14. The van der Waals surface area contributed by atoms with Crippen LogP contribution in [0.2, 0.25) is 0 Å². The number of rotatable bonds is 9. The Morgan fingerprint density at radius 1 is 1.31 bits per heavy atom. The van der Waals surface area contributed by atoms with Crippen LogP contribution in [0.1, 0.15) is 30.5 Å². The summed E-state index contributed by atoms with van der Waals surface area (Å²) in [5.74, 6) is 1.21. The number of carboxylic acid groups (broad SMARTS) is 1. The summed E-state index contributed by atoms with van der Waals surface area (Å²) in [6.07, 6.45) is 2.86. The van der Waals surface area contributed by atoms with Crippen LogP contribution in [-0.2, 0) is 6.42 Å². The SMILES string of the molecule is CCCCN(CCc1ncc(-c2cccc(N=C(N)c3cccs3)c2)[nH]1)C(=O)[O-]. The molecule has 0 atom stereocenters. The molecule has 0 aliphatic rings. The second-order valence-electron chi connectivity index (χ2n) is 6.62. The number of H-pyrrole nitrogens is 1. The van der Waals surface area contributed by atoms with Gasteiger partial charge in [0.2, 0.25) is 0 Å². The van der Waals surface area contributed by atoms with Crippen LogP contribution in [0.25, 0.3) is 11.3 Å². The highest BCUT2D eigenvalue weighted by Crippen LogP contribution is 2.23. The van der Waals surface area contributed by atoms with Gasteiger partial charge < -0.3 is 25.5 Å². The Labute approximate surface area is 173 Å². The number of nitrogens with zero attached hydrogens (tertiary/aromatic N) is 3. The lowest BCUT2D eigenvalue weighted by atomic mass is 10.1. The average molecular weight is 411 g/mol. The number of aromatic amines is 1. The van der Waals surface area contributed by atoms with Gasteiger partial charge in [-0.25, -0.2) is 9.98 Å². The molecule has 0 unspecified atom stereocenters. The quantitative estimate of drug-likeness (QED) is 0.417. The van der Waals surface area contributed by atoms with Crippen LogP contribution < -0.4 is 10.8 Å². The largest absolute Gasteiger partial charge is 0.530 e. The van der Waals surface area contributed by atoms with Crippen molar-refractivity contribution in [3.8, 4) is 11.3 Å². The zero-order valence-corrected chi connectivity index (χ0v) is 17.1. The van der Waals surface area contributed by atoms with Crippen molar-refractivity contribution in [1.82, 2.24) is 14.9 Å². The molecule has 0 aliphatic carbocycles. The third-order valence-electron chi connectivity index (χ3n) is 4.47. The first-order chi connectivity index (χ1) is 14.1. The lowest BCUT2D eigenvalue weighted by molar-refractivity contribution is -0.265. The van der Waals surface area contributed by atoms with Crippen molar-refractivity contribution < 1.29 is 9.90 Å². The molecule has 7 nitrogen and oxygen atoms in total. The van der Waals surface area contributed by atoms with Crippen molar-refractivity contribution >= 4 is 29.0 Å². The summed E-state index contributed by atoms with van der Waals surface area (Å²) >= 11 is 1.55. The van der Waals surface area contributed by atoms with E-state index < -0.39 is 6.09 Å². The van der Waals surface area contributed by atoms with Gasteiger partial charge in [0.25, 0.3) is 0 Å². The van der Waals surface area contributed by atoms with E-state index in [1.807, 2.05) is 48.7 Å². The second kappa shape index (κ2) is 9.88. The van der Waals surface area contributed by atoms with E-state index in [2.05, 4.69) is 15.0 Å². The van der Waals surface area contributed by atoms with Gasteiger partial charge in [-0.2, -0.15) is 0 Å². The van der Waals surface area contributed by atoms with Crippen molar-refractivity contribution in [2.75, 3.05) is 13.1 Å². The number of hydrogen-bond donors (Lipinski definition) is 2. The highest BCUT2D eigenvalue weighted by molar-refractivity contribution is 7.12. The minimum absolute atomic E-state index is 0.358. The Morgan fingerprint density at radius 2 is 2.17 bits per heavy atom. The Hall–Kier alpha value is -3.13. The molecule has 0 saturated carbocycles. The van der Waals surface area contributed by atoms with Crippen molar-refractivity contribution in [1.29, 1.82) is 0 Å². The number of hydrogen-bond acceptors (Lipinski definition) is 5. The van der Waals surface area contributed by atoms with E-state index in [0.29, 0.717) is 25.3 Å². The Kier molecular flexibility index (Phi) is 7.02. The molecule has 0 bridgehead atoms. The monoisotopic (exact) mass is 410 g/mol. The lowest BCUT2D eigenvalue weighted by Gasteiger charge is -2.24. The Balaban J connectivity index is 1.68. The number of amidine groups is 1. The van der Waals surface area contributed by atoms with Crippen molar-refractivity contribution in [2.24, 2.45) is 10.7 Å². The number of carbonyl (C=O) groups excluding carboxylic acids is 1. The van der Waals surface area contributed by atoms with Crippen LogP contribution in [0.3, 0.4) is 0 Å². The fourth-order valence-corrected chi connectivity index (χ4v) is 3.51. The second-order valence-corrected chi connectivity index (χ2v) is 7.57. The first-order valence-electron chi connectivity index (χ1n) is 9.55. The van der Waals surface area contributed by atoms with Crippen LogP contribution in [0.15, 0.2) is 53.0 Å². The van der Waals surface area contributed by atoms with Crippen LogP contribution >= 0.6 is 11.3 Å². The molecular formula is C21H24N5O2S-.